The van der Waals surface area contributed by atoms with Crippen LogP contribution in [0.3, 0.4) is 0 Å². The fourth-order valence-electron chi connectivity index (χ4n) is 2.50. The summed E-state index contributed by atoms with van der Waals surface area (Å²) in [5, 5.41) is 6.15. The molecule has 0 bridgehead atoms. The number of methoxy groups -OCH3 is 1. The number of ether oxygens (including phenoxy) is 1. The third-order valence-corrected chi connectivity index (χ3v) is 4.02. The van der Waals surface area contributed by atoms with Crippen molar-refractivity contribution in [2.45, 2.75) is 13.8 Å². The van der Waals surface area contributed by atoms with Crippen molar-refractivity contribution in [3.63, 3.8) is 0 Å². The smallest absolute Gasteiger partial charge is 0.274 e. The number of carbonyl (C=O) groups is 1. The summed E-state index contributed by atoms with van der Waals surface area (Å²) in [6.45, 7) is 3.96. The van der Waals surface area contributed by atoms with Crippen LogP contribution in [0.4, 0.5) is 17.1 Å². The highest BCUT2D eigenvalue weighted by Gasteiger charge is 2.09. The number of hydrogen-bond donors (Lipinski definition) is 2. The third kappa shape index (κ3) is 4.19. The van der Waals surface area contributed by atoms with Crippen LogP contribution in [0.2, 0.25) is 0 Å². The van der Waals surface area contributed by atoms with Gasteiger partial charge >= 0.3 is 0 Å². The summed E-state index contributed by atoms with van der Waals surface area (Å²) in [4.78, 5) is 16.7. The molecule has 5 heteroatoms. The number of pyridine rings is 1. The molecular formula is C21H21N3O2. The minimum absolute atomic E-state index is 0.227. The van der Waals surface area contributed by atoms with E-state index in [1.165, 1.54) is 0 Å². The number of hydrogen-bond acceptors (Lipinski definition) is 4. The maximum atomic E-state index is 12.4. The third-order valence-electron chi connectivity index (χ3n) is 4.02. The molecule has 0 saturated heterocycles. The van der Waals surface area contributed by atoms with E-state index in [4.69, 9.17) is 4.74 Å². The zero-order valence-electron chi connectivity index (χ0n) is 15.0. The first-order valence-electron chi connectivity index (χ1n) is 8.31. The summed E-state index contributed by atoms with van der Waals surface area (Å²) < 4.78 is 5.14. The van der Waals surface area contributed by atoms with Gasteiger partial charge in [-0.3, -0.25) is 4.79 Å². The van der Waals surface area contributed by atoms with E-state index in [9.17, 15) is 4.79 Å². The summed E-state index contributed by atoms with van der Waals surface area (Å²) in [6.07, 6.45) is 1.64. The molecule has 0 spiro atoms. The number of amides is 1. The molecule has 2 aromatic carbocycles. The van der Waals surface area contributed by atoms with Crippen LogP contribution in [0.15, 0.2) is 60.8 Å². The Balaban J connectivity index is 1.68. The molecule has 26 heavy (non-hydrogen) atoms. The molecule has 132 valence electrons. The van der Waals surface area contributed by atoms with Crippen molar-refractivity contribution in [3.8, 4) is 5.75 Å². The molecule has 0 aliphatic carbocycles. The average molecular weight is 347 g/mol. The number of rotatable bonds is 5. The van der Waals surface area contributed by atoms with Crippen LogP contribution in [0.25, 0.3) is 0 Å². The average Bonchev–Trinajstić information content (AvgIpc) is 2.66. The molecule has 0 unspecified atom stereocenters. The Labute approximate surface area is 153 Å². The predicted octanol–water partition coefficient (Wildman–Crippen LogP) is 4.70. The lowest BCUT2D eigenvalue weighted by atomic mass is 10.1. The lowest BCUT2D eigenvalue weighted by Gasteiger charge is -2.10. The first-order valence-corrected chi connectivity index (χ1v) is 8.31. The van der Waals surface area contributed by atoms with Crippen molar-refractivity contribution in [3.05, 3.63) is 77.6 Å². The first kappa shape index (κ1) is 17.5. The topological polar surface area (TPSA) is 63.2 Å². The number of nitrogens with one attached hydrogen (secondary N) is 2. The standard InChI is InChI=1S/C21H21N3O2/c1-14-4-5-15(2)20(12-14)24-21(25)19-11-8-17(13-22-19)23-16-6-9-18(26-3)10-7-16/h4-13,23H,1-3H3,(H,24,25). The molecule has 3 aromatic rings. The van der Waals surface area contributed by atoms with E-state index in [1.54, 1.807) is 19.4 Å². The fraction of sp³-hybridized carbons (Fsp3) is 0.143. The summed E-state index contributed by atoms with van der Waals surface area (Å²) in [5.41, 5.74) is 5.00. The molecule has 0 atom stereocenters. The van der Waals surface area contributed by atoms with Gasteiger partial charge in [-0.25, -0.2) is 4.98 Å². The van der Waals surface area contributed by atoms with Crippen LogP contribution < -0.4 is 15.4 Å². The molecule has 1 aromatic heterocycles. The van der Waals surface area contributed by atoms with Crippen LogP contribution in [0.1, 0.15) is 21.6 Å². The largest absolute Gasteiger partial charge is 0.497 e. The van der Waals surface area contributed by atoms with E-state index in [0.717, 1.165) is 33.9 Å². The Hall–Kier alpha value is -3.34. The van der Waals surface area contributed by atoms with Crippen LogP contribution in [0, 0.1) is 13.8 Å². The van der Waals surface area contributed by atoms with E-state index in [-0.39, 0.29) is 5.91 Å². The summed E-state index contributed by atoms with van der Waals surface area (Å²) in [5.74, 6) is 0.571. The molecule has 0 aliphatic rings. The van der Waals surface area contributed by atoms with E-state index in [1.807, 2.05) is 62.4 Å². The van der Waals surface area contributed by atoms with E-state index >= 15 is 0 Å². The maximum Gasteiger partial charge on any atom is 0.274 e. The van der Waals surface area contributed by atoms with Gasteiger partial charge in [0.15, 0.2) is 0 Å². The van der Waals surface area contributed by atoms with Crippen molar-refractivity contribution >= 4 is 23.0 Å². The van der Waals surface area contributed by atoms with Crippen LogP contribution >= 0.6 is 0 Å². The highest BCUT2D eigenvalue weighted by molar-refractivity contribution is 6.03. The molecular weight excluding hydrogens is 326 g/mol. The quantitative estimate of drug-likeness (QED) is 0.702. The minimum atomic E-state index is -0.227. The van der Waals surface area contributed by atoms with Gasteiger partial charge in [-0.15, -0.1) is 0 Å². The highest BCUT2D eigenvalue weighted by Crippen LogP contribution is 2.20. The van der Waals surface area contributed by atoms with Gasteiger partial charge < -0.3 is 15.4 Å². The van der Waals surface area contributed by atoms with Crippen LogP contribution in [-0.2, 0) is 0 Å². The van der Waals surface area contributed by atoms with Gasteiger partial charge in [-0.2, -0.15) is 0 Å². The van der Waals surface area contributed by atoms with Crippen molar-refractivity contribution in [2.24, 2.45) is 0 Å². The van der Waals surface area contributed by atoms with Gasteiger partial charge in [-0.05, 0) is 67.4 Å². The zero-order chi connectivity index (χ0) is 18.5. The molecule has 1 amide bonds. The van der Waals surface area contributed by atoms with Crippen molar-refractivity contribution in [2.75, 3.05) is 17.7 Å². The summed E-state index contributed by atoms with van der Waals surface area (Å²) in [7, 11) is 1.63. The highest BCUT2D eigenvalue weighted by atomic mass is 16.5. The van der Waals surface area contributed by atoms with Gasteiger partial charge in [-0.1, -0.05) is 12.1 Å². The van der Waals surface area contributed by atoms with Crippen molar-refractivity contribution < 1.29 is 9.53 Å². The first-order chi connectivity index (χ1) is 12.5. The zero-order valence-corrected chi connectivity index (χ0v) is 15.0. The number of aromatic nitrogens is 1. The Kier molecular flexibility index (Phi) is 5.17. The van der Waals surface area contributed by atoms with E-state index in [0.29, 0.717) is 5.69 Å². The van der Waals surface area contributed by atoms with Gasteiger partial charge in [0.1, 0.15) is 11.4 Å². The van der Waals surface area contributed by atoms with Crippen molar-refractivity contribution in [1.82, 2.24) is 4.98 Å². The fourth-order valence-corrected chi connectivity index (χ4v) is 2.50. The lowest BCUT2D eigenvalue weighted by Crippen LogP contribution is -2.14. The van der Waals surface area contributed by atoms with Gasteiger partial charge in [0.25, 0.3) is 5.91 Å². The number of aryl methyl sites for hydroxylation is 2. The van der Waals surface area contributed by atoms with Crippen LogP contribution in [-0.4, -0.2) is 18.0 Å². The van der Waals surface area contributed by atoms with Gasteiger partial charge in [0.05, 0.1) is 19.0 Å². The summed E-state index contributed by atoms with van der Waals surface area (Å²) >= 11 is 0. The maximum absolute atomic E-state index is 12.4. The molecule has 0 saturated carbocycles. The number of benzene rings is 2. The summed E-state index contributed by atoms with van der Waals surface area (Å²) in [6, 6.07) is 17.1. The number of nitrogens with zero attached hydrogens (tertiary/aromatic N) is 1. The second-order valence-electron chi connectivity index (χ2n) is 6.06. The molecule has 2 N–H and O–H groups in total. The molecule has 0 radical (unpaired) electrons. The van der Waals surface area contributed by atoms with E-state index in [2.05, 4.69) is 15.6 Å². The molecule has 5 nitrogen and oxygen atoms in total. The second kappa shape index (κ2) is 7.70. The number of carbonyl (C=O) groups excluding carboxylic acids is 1. The Morgan fingerprint density at radius 1 is 0.962 bits per heavy atom. The Morgan fingerprint density at radius 3 is 2.35 bits per heavy atom. The SMILES string of the molecule is COc1ccc(Nc2ccc(C(=O)Nc3cc(C)ccc3C)nc2)cc1. The monoisotopic (exact) mass is 347 g/mol. The predicted molar refractivity (Wildman–Crippen MR) is 104 cm³/mol. The van der Waals surface area contributed by atoms with E-state index < -0.39 is 0 Å². The molecule has 0 fully saturated rings. The minimum Gasteiger partial charge on any atom is -0.497 e. The Morgan fingerprint density at radius 2 is 1.69 bits per heavy atom. The van der Waals surface area contributed by atoms with Crippen LogP contribution in [0.5, 0.6) is 5.75 Å². The van der Waals surface area contributed by atoms with Gasteiger partial charge in [0, 0.05) is 11.4 Å². The Bertz CT molecular complexity index is 904. The lowest BCUT2D eigenvalue weighted by molar-refractivity contribution is 0.102. The molecule has 3 rings (SSSR count). The molecule has 0 aliphatic heterocycles. The second-order valence-corrected chi connectivity index (χ2v) is 6.06. The van der Waals surface area contributed by atoms with Crippen molar-refractivity contribution in [1.29, 1.82) is 0 Å². The normalized spacial score (nSPS) is 10.3. The molecule has 1 heterocycles. The number of anilines is 3. The van der Waals surface area contributed by atoms with Gasteiger partial charge in [0.2, 0.25) is 0 Å².